The second kappa shape index (κ2) is 7.02. The summed E-state index contributed by atoms with van der Waals surface area (Å²) < 4.78 is 4.78. The zero-order valence-electron chi connectivity index (χ0n) is 11.4. The van der Waals surface area contributed by atoms with E-state index in [-0.39, 0.29) is 18.6 Å². The number of ether oxygens (including phenoxy) is 1. The number of carbonyl (C=O) groups excluding carboxylic acids is 1. The summed E-state index contributed by atoms with van der Waals surface area (Å²) >= 11 is 1.57. The Morgan fingerprint density at radius 2 is 2.25 bits per heavy atom. The van der Waals surface area contributed by atoms with Crippen LogP contribution in [0.4, 0.5) is 11.4 Å². The normalized spacial score (nSPS) is 11.9. The number of carbonyl (C=O) groups is 1. The van der Waals surface area contributed by atoms with Crippen LogP contribution in [-0.2, 0) is 9.53 Å². The number of rotatable bonds is 6. The van der Waals surface area contributed by atoms with Gasteiger partial charge in [-0.15, -0.1) is 11.3 Å². The molecule has 0 aliphatic heterocycles. The maximum atomic E-state index is 11.5. The first-order chi connectivity index (χ1) is 9.69. The van der Waals surface area contributed by atoms with Gasteiger partial charge in [0.25, 0.3) is 0 Å². The van der Waals surface area contributed by atoms with Gasteiger partial charge in [-0.1, -0.05) is 6.07 Å². The number of nitrogens with one attached hydrogen (secondary N) is 2. The van der Waals surface area contributed by atoms with Gasteiger partial charge in [0.1, 0.15) is 6.61 Å². The molecule has 20 heavy (non-hydrogen) atoms. The molecule has 0 fully saturated rings. The molecule has 106 valence electrons. The average molecular weight is 291 g/mol. The lowest BCUT2D eigenvalue weighted by atomic mass is 10.2. The number of methoxy groups -OCH3 is 1. The van der Waals surface area contributed by atoms with Crippen LogP contribution in [0.25, 0.3) is 0 Å². The molecule has 0 radical (unpaired) electrons. The third-order valence-corrected chi connectivity index (χ3v) is 3.30. The minimum Gasteiger partial charge on any atom is -0.377 e. The summed E-state index contributed by atoms with van der Waals surface area (Å²) in [5.74, 6) is -0.169. The Hall–Kier alpha value is -1.92. The van der Waals surface area contributed by atoms with Gasteiger partial charge in [0.2, 0.25) is 5.91 Å². The summed E-state index contributed by atoms with van der Waals surface area (Å²) in [5, 5.41) is 8.14. The van der Waals surface area contributed by atoms with E-state index < -0.39 is 0 Å². The van der Waals surface area contributed by atoms with Gasteiger partial charge in [0.15, 0.2) is 0 Å². The first-order valence-corrected chi connectivity index (χ1v) is 7.17. The van der Waals surface area contributed by atoms with Crippen LogP contribution in [0, 0.1) is 0 Å². The number of amides is 1. The van der Waals surface area contributed by atoms with Gasteiger partial charge in [-0.3, -0.25) is 4.79 Å². The Kier molecular flexibility index (Phi) is 5.09. The second-order valence-electron chi connectivity index (χ2n) is 4.34. The van der Waals surface area contributed by atoms with Crippen molar-refractivity contribution in [3.05, 3.63) is 40.8 Å². The summed E-state index contributed by atoms with van der Waals surface area (Å²) in [7, 11) is 1.49. The van der Waals surface area contributed by atoms with Gasteiger partial charge in [0, 0.05) is 23.9 Å². The SMILES string of the molecule is COCC(=O)Nc1cccc(NC(C)c2cscn2)c1. The van der Waals surface area contributed by atoms with Gasteiger partial charge in [-0.05, 0) is 25.1 Å². The lowest BCUT2D eigenvalue weighted by Crippen LogP contribution is -2.17. The fraction of sp³-hybridized carbons (Fsp3) is 0.286. The van der Waals surface area contributed by atoms with Crippen LogP contribution in [0.15, 0.2) is 35.2 Å². The molecule has 2 aromatic rings. The van der Waals surface area contributed by atoms with Crippen molar-refractivity contribution in [1.29, 1.82) is 0 Å². The molecule has 1 amide bonds. The highest BCUT2D eigenvalue weighted by Crippen LogP contribution is 2.21. The quantitative estimate of drug-likeness (QED) is 0.859. The molecule has 0 aliphatic rings. The molecular weight excluding hydrogens is 274 g/mol. The lowest BCUT2D eigenvalue weighted by molar-refractivity contribution is -0.119. The zero-order valence-corrected chi connectivity index (χ0v) is 12.2. The molecule has 0 bridgehead atoms. The molecule has 0 saturated carbocycles. The fourth-order valence-electron chi connectivity index (χ4n) is 1.77. The summed E-state index contributed by atoms with van der Waals surface area (Å²) in [6.07, 6.45) is 0. The molecule has 5 nitrogen and oxygen atoms in total. The summed E-state index contributed by atoms with van der Waals surface area (Å²) in [4.78, 5) is 15.7. The minimum atomic E-state index is -0.169. The van der Waals surface area contributed by atoms with E-state index in [2.05, 4.69) is 15.6 Å². The molecule has 1 aromatic carbocycles. The van der Waals surface area contributed by atoms with Crippen molar-refractivity contribution in [2.45, 2.75) is 13.0 Å². The summed E-state index contributed by atoms with van der Waals surface area (Å²) in [6.45, 7) is 2.10. The Bertz CT molecular complexity index is 557. The van der Waals surface area contributed by atoms with Crippen LogP contribution in [0.2, 0.25) is 0 Å². The molecule has 1 atom stereocenters. The molecular formula is C14H17N3O2S. The third kappa shape index (κ3) is 4.04. The molecule has 2 rings (SSSR count). The first-order valence-electron chi connectivity index (χ1n) is 6.22. The van der Waals surface area contributed by atoms with Gasteiger partial charge >= 0.3 is 0 Å². The first kappa shape index (κ1) is 14.5. The number of nitrogens with zero attached hydrogens (tertiary/aromatic N) is 1. The number of anilines is 2. The van der Waals surface area contributed by atoms with Crippen LogP contribution in [-0.4, -0.2) is 24.6 Å². The Balaban J connectivity index is 2.00. The van der Waals surface area contributed by atoms with Gasteiger partial charge in [0.05, 0.1) is 17.2 Å². The maximum Gasteiger partial charge on any atom is 0.250 e. The average Bonchev–Trinajstić information content (AvgIpc) is 2.93. The van der Waals surface area contributed by atoms with Crippen molar-refractivity contribution in [2.75, 3.05) is 24.4 Å². The minimum absolute atomic E-state index is 0.0485. The Morgan fingerprint density at radius 3 is 2.95 bits per heavy atom. The molecule has 0 saturated heterocycles. The monoisotopic (exact) mass is 291 g/mol. The van der Waals surface area contributed by atoms with Crippen LogP contribution in [0.5, 0.6) is 0 Å². The summed E-state index contributed by atoms with van der Waals surface area (Å²) in [6, 6.07) is 7.68. The topological polar surface area (TPSA) is 63.2 Å². The second-order valence-corrected chi connectivity index (χ2v) is 5.06. The number of benzene rings is 1. The predicted molar refractivity (Wildman–Crippen MR) is 81.1 cm³/mol. The number of aromatic nitrogens is 1. The van der Waals surface area contributed by atoms with Crippen molar-refractivity contribution in [1.82, 2.24) is 4.98 Å². The van der Waals surface area contributed by atoms with E-state index in [9.17, 15) is 4.79 Å². The molecule has 0 spiro atoms. The van der Waals surface area contributed by atoms with E-state index in [0.29, 0.717) is 0 Å². The molecule has 1 aromatic heterocycles. The molecule has 2 N–H and O–H groups in total. The fourth-order valence-corrected chi connectivity index (χ4v) is 2.42. The molecule has 0 aliphatic carbocycles. The van der Waals surface area contributed by atoms with Crippen molar-refractivity contribution < 1.29 is 9.53 Å². The van der Waals surface area contributed by atoms with Crippen LogP contribution < -0.4 is 10.6 Å². The molecule has 1 unspecified atom stereocenters. The third-order valence-electron chi connectivity index (χ3n) is 2.70. The number of hydrogen-bond acceptors (Lipinski definition) is 5. The highest BCUT2D eigenvalue weighted by atomic mass is 32.1. The number of thiazole rings is 1. The van der Waals surface area contributed by atoms with Gasteiger partial charge < -0.3 is 15.4 Å². The predicted octanol–water partition coefficient (Wildman–Crippen LogP) is 2.90. The highest BCUT2D eigenvalue weighted by molar-refractivity contribution is 7.07. The largest absolute Gasteiger partial charge is 0.377 e. The van der Waals surface area contributed by atoms with Gasteiger partial charge in [-0.25, -0.2) is 4.98 Å². The standard InChI is InChI=1S/C14H17N3O2S/c1-10(13-8-20-9-15-13)16-11-4-3-5-12(6-11)17-14(18)7-19-2/h3-6,8-10,16H,7H2,1-2H3,(H,17,18). The van der Waals surface area contributed by atoms with Crippen LogP contribution >= 0.6 is 11.3 Å². The van der Waals surface area contributed by atoms with E-state index in [1.807, 2.05) is 42.1 Å². The van der Waals surface area contributed by atoms with Crippen molar-refractivity contribution in [3.8, 4) is 0 Å². The van der Waals surface area contributed by atoms with Crippen LogP contribution in [0.3, 0.4) is 0 Å². The van der Waals surface area contributed by atoms with E-state index >= 15 is 0 Å². The van der Waals surface area contributed by atoms with Crippen molar-refractivity contribution in [3.63, 3.8) is 0 Å². The maximum absolute atomic E-state index is 11.5. The van der Waals surface area contributed by atoms with Crippen molar-refractivity contribution in [2.24, 2.45) is 0 Å². The van der Waals surface area contributed by atoms with E-state index in [1.54, 1.807) is 11.3 Å². The highest BCUT2D eigenvalue weighted by Gasteiger charge is 2.08. The Morgan fingerprint density at radius 1 is 1.45 bits per heavy atom. The number of hydrogen-bond donors (Lipinski definition) is 2. The zero-order chi connectivity index (χ0) is 14.4. The van der Waals surface area contributed by atoms with Crippen LogP contribution in [0.1, 0.15) is 18.7 Å². The van der Waals surface area contributed by atoms with Crippen molar-refractivity contribution >= 4 is 28.6 Å². The molecule has 1 heterocycles. The summed E-state index contributed by atoms with van der Waals surface area (Å²) in [5.41, 5.74) is 4.49. The van der Waals surface area contributed by atoms with E-state index in [4.69, 9.17) is 4.74 Å². The van der Waals surface area contributed by atoms with Gasteiger partial charge in [-0.2, -0.15) is 0 Å². The lowest BCUT2D eigenvalue weighted by Gasteiger charge is -2.14. The van der Waals surface area contributed by atoms with E-state index in [1.165, 1.54) is 7.11 Å². The molecule has 6 heteroatoms. The Labute approximate surface area is 122 Å². The smallest absolute Gasteiger partial charge is 0.250 e. The van der Waals surface area contributed by atoms with E-state index in [0.717, 1.165) is 17.1 Å².